The highest BCUT2D eigenvalue weighted by atomic mass is 28.4. The maximum atomic E-state index is 7.33. The van der Waals surface area contributed by atoms with Gasteiger partial charge in [0.15, 0.2) is 14.1 Å². The summed E-state index contributed by atoms with van der Waals surface area (Å²) in [6, 6.07) is 16.9. The van der Waals surface area contributed by atoms with Crippen molar-refractivity contribution >= 4 is 16.6 Å². The van der Waals surface area contributed by atoms with E-state index in [1.54, 1.807) is 21.3 Å². The lowest BCUT2D eigenvalue weighted by Gasteiger charge is -2.37. The van der Waals surface area contributed by atoms with Crippen LogP contribution in [0.25, 0.3) is 0 Å². The van der Waals surface area contributed by atoms with Crippen molar-refractivity contribution in [3.05, 3.63) is 59.7 Å². The second kappa shape index (κ2) is 15.7. The summed E-state index contributed by atoms with van der Waals surface area (Å²) in [6.45, 7) is 19.7. The fourth-order valence-electron chi connectivity index (χ4n) is 5.76. The molecule has 0 heterocycles. The summed E-state index contributed by atoms with van der Waals surface area (Å²) in [4.78, 5) is 0. The Hall–Kier alpha value is -2.23. The maximum Gasteiger partial charge on any atom is 0.250 e. The van der Waals surface area contributed by atoms with Gasteiger partial charge in [0.2, 0.25) is 0 Å². The van der Waals surface area contributed by atoms with Crippen LogP contribution in [0.15, 0.2) is 43.0 Å². The van der Waals surface area contributed by atoms with E-state index < -0.39 is 16.6 Å². The van der Waals surface area contributed by atoms with Crippen molar-refractivity contribution in [2.24, 2.45) is 0 Å². The minimum Gasteiger partial charge on any atom is -0.541 e. The molecule has 2 atom stereocenters. The molecule has 2 unspecified atom stereocenters. The molecule has 2 aromatic rings. The van der Waals surface area contributed by atoms with Gasteiger partial charge in [-0.05, 0) is 78.1 Å². The Kier molecular flexibility index (Phi) is 13.3. The molecule has 2 rings (SSSR count). The Bertz CT molecular complexity index is 1040. The van der Waals surface area contributed by atoms with E-state index in [9.17, 15) is 0 Å². The predicted molar refractivity (Wildman–Crippen MR) is 174 cm³/mol. The molecule has 0 N–H and O–H groups in total. The minimum atomic E-state index is -2.00. The van der Waals surface area contributed by atoms with Crippen molar-refractivity contribution in [3.63, 3.8) is 0 Å². The molecular weight excluding hydrogens is 533 g/mol. The Morgan fingerprint density at radius 2 is 1.20 bits per heavy atom. The van der Waals surface area contributed by atoms with Crippen molar-refractivity contribution in [2.45, 2.75) is 103 Å². The van der Waals surface area contributed by atoms with Gasteiger partial charge in [0.25, 0.3) is 8.32 Å². The summed E-state index contributed by atoms with van der Waals surface area (Å²) in [6.07, 6.45) is 2.45. The summed E-state index contributed by atoms with van der Waals surface area (Å²) in [7, 11) is 1.24. The number of hydrogen-bond acceptors (Lipinski definition) is 5. The summed E-state index contributed by atoms with van der Waals surface area (Å²) < 4.78 is 32.0. The van der Waals surface area contributed by atoms with Gasteiger partial charge >= 0.3 is 0 Å². The third kappa shape index (κ3) is 7.53. The van der Waals surface area contributed by atoms with Crippen LogP contribution in [0.3, 0.4) is 0 Å². The van der Waals surface area contributed by atoms with Gasteiger partial charge in [0.05, 0.1) is 27.4 Å². The molecule has 2 aromatic carbocycles. The quantitative estimate of drug-likeness (QED) is 0.128. The molecule has 0 spiro atoms. The third-order valence-corrected chi connectivity index (χ3v) is 18.1. The molecule has 0 saturated carbocycles. The molecule has 0 amide bonds. The molecule has 224 valence electrons. The zero-order valence-corrected chi connectivity index (χ0v) is 28.8. The van der Waals surface area contributed by atoms with Crippen LogP contribution in [0.2, 0.25) is 36.3 Å². The molecule has 7 heteroatoms. The molecule has 0 aliphatic carbocycles. The summed E-state index contributed by atoms with van der Waals surface area (Å²) in [5, 5.41) is 0. The van der Waals surface area contributed by atoms with E-state index in [4.69, 9.17) is 23.1 Å². The number of rotatable bonds is 18. The van der Waals surface area contributed by atoms with E-state index >= 15 is 0 Å². The Balaban J connectivity index is 2.78. The van der Waals surface area contributed by atoms with Gasteiger partial charge < -0.3 is 23.1 Å². The van der Waals surface area contributed by atoms with Gasteiger partial charge in [0, 0.05) is 11.5 Å². The van der Waals surface area contributed by atoms with Crippen molar-refractivity contribution in [1.82, 2.24) is 0 Å². The molecule has 5 nitrogen and oxygen atoms in total. The molecule has 0 bridgehead atoms. The number of benzene rings is 2. The summed E-state index contributed by atoms with van der Waals surface area (Å²) in [5.74, 6) is 3.19. The summed E-state index contributed by atoms with van der Waals surface area (Å²) >= 11 is 0. The van der Waals surface area contributed by atoms with Crippen LogP contribution in [-0.2, 0) is 10.8 Å². The number of hydrogen-bond donors (Lipinski definition) is 0. The van der Waals surface area contributed by atoms with E-state index in [1.807, 2.05) is 12.1 Å². The standard InChI is InChI=1S/C33H54O5Si2/c1-12-19-26-22-30(35-10)32(31(23-26)36-11)25(8)33(38-40(16-5,17-6)18-7)27-20-21-28(34-9)29(24-27)37-39(13-2,14-3)15-4/h12,20-25,33H,1,13-19H2,2-11H3. The number of methoxy groups -OCH3 is 3. The van der Waals surface area contributed by atoms with Gasteiger partial charge in [-0.25, -0.2) is 0 Å². The van der Waals surface area contributed by atoms with Crippen molar-refractivity contribution in [1.29, 1.82) is 0 Å². The molecule has 40 heavy (non-hydrogen) atoms. The summed E-state index contributed by atoms with van der Waals surface area (Å²) in [5.41, 5.74) is 3.23. The van der Waals surface area contributed by atoms with Gasteiger partial charge in [0.1, 0.15) is 17.2 Å². The second-order valence-electron chi connectivity index (χ2n) is 10.7. The molecule has 0 saturated heterocycles. The van der Waals surface area contributed by atoms with Gasteiger partial charge in [-0.2, -0.15) is 0 Å². The second-order valence-corrected chi connectivity index (χ2v) is 20.1. The van der Waals surface area contributed by atoms with Gasteiger partial charge in [-0.15, -0.1) is 6.58 Å². The SMILES string of the molecule is C=CCc1cc(OC)c(C(C)C(O[Si](CC)(CC)CC)c2ccc(OC)c(O[Si](CC)(CC)CC)c2)c(OC)c1. The normalized spacial score (nSPS) is 13.4. The molecule has 0 aliphatic heterocycles. The first-order valence-electron chi connectivity index (χ1n) is 15.1. The zero-order chi connectivity index (χ0) is 29.9. The largest absolute Gasteiger partial charge is 0.541 e. The topological polar surface area (TPSA) is 46.2 Å². The molecule has 0 aliphatic rings. The average Bonchev–Trinajstić information content (AvgIpc) is 3.00. The van der Waals surface area contributed by atoms with E-state index in [0.717, 1.165) is 82.4 Å². The smallest absolute Gasteiger partial charge is 0.250 e. The lowest BCUT2D eigenvalue weighted by atomic mass is 9.88. The average molecular weight is 587 g/mol. The van der Waals surface area contributed by atoms with Crippen molar-refractivity contribution in [2.75, 3.05) is 21.3 Å². The monoisotopic (exact) mass is 586 g/mol. The van der Waals surface area contributed by atoms with E-state index in [2.05, 4.69) is 79.3 Å². The molecule has 0 aromatic heterocycles. The Morgan fingerprint density at radius 1 is 0.700 bits per heavy atom. The predicted octanol–water partition coefficient (Wildman–Crippen LogP) is 9.69. The van der Waals surface area contributed by atoms with Crippen LogP contribution < -0.4 is 18.6 Å². The van der Waals surface area contributed by atoms with E-state index in [-0.39, 0.29) is 12.0 Å². The van der Waals surface area contributed by atoms with Gasteiger partial charge in [-0.1, -0.05) is 60.6 Å². The minimum absolute atomic E-state index is 0.0361. The first-order valence-corrected chi connectivity index (χ1v) is 20.2. The molecular formula is C33H54O5Si2. The Labute approximate surface area is 246 Å². The van der Waals surface area contributed by atoms with Crippen LogP contribution in [0.4, 0.5) is 0 Å². The number of ether oxygens (including phenoxy) is 3. The highest BCUT2D eigenvalue weighted by Gasteiger charge is 2.38. The van der Waals surface area contributed by atoms with Crippen LogP contribution in [0.1, 0.15) is 77.2 Å². The first kappa shape index (κ1) is 34.0. The van der Waals surface area contributed by atoms with Gasteiger partial charge in [-0.3, -0.25) is 0 Å². The van der Waals surface area contributed by atoms with E-state index in [0.29, 0.717) is 0 Å². The number of allylic oxidation sites excluding steroid dienone is 1. The zero-order valence-electron chi connectivity index (χ0n) is 26.8. The van der Waals surface area contributed by atoms with Crippen LogP contribution >= 0.6 is 0 Å². The highest BCUT2D eigenvalue weighted by molar-refractivity contribution is 6.74. The fraction of sp³-hybridized carbons (Fsp3) is 0.576. The van der Waals surface area contributed by atoms with Crippen LogP contribution in [0, 0.1) is 0 Å². The van der Waals surface area contributed by atoms with E-state index in [1.165, 1.54) is 0 Å². The van der Waals surface area contributed by atoms with Crippen LogP contribution in [-0.4, -0.2) is 38.0 Å². The lowest BCUT2D eigenvalue weighted by molar-refractivity contribution is 0.160. The molecule has 0 radical (unpaired) electrons. The Morgan fingerprint density at radius 3 is 1.62 bits per heavy atom. The third-order valence-electron chi connectivity index (χ3n) is 8.98. The maximum absolute atomic E-state index is 7.33. The van der Waals surface area contributed by atoms with Crippen LogP contribution in [0.5, 0.6) is 23.0 Å². The van der Waals surface area contributed by atoms with Crippen molar-refractivity contribution in [3.8, 4) is 23.0 Å². The lowest BCUT2D eigenvalue weighted by Crippen LogP contribution is -2.39. The molecule has 0 fully saturated rings. The fourth-order valence-corrected chi connectivity index (χ4v) is 11.2. The van der Waals surface area contributed by atoms with Crippen molar-refractivity contribution < 1.29 is 23.1 Å². The highest BCUT2D eigenvalue weighted by Crippen LogP contribution is 2.47. The first-order chi connectivity index (χ1) is 19.2.